The maximum atomic E-state index is 12.9. The first kappa shape index (κ1) is 21.1. The van der Waals surface area contributed by atoms with Crippen LogP contribution in [0.1, 0.15) is 42.5 Å². The summed E-state index contributed by atoms with van der Waals surface area (Å²) in [6.07, 6.45) is 3.03. The molecule has 2 N–H and O–H groups in total. The first-order valence-corrected chi connectivity index (χ1v) is 10.7. The highest BCUT2D eigenvalue weighted by Crippen LogP contribution is 2.34. The highest BCUT2D eigenvalue weighted by atomic mass is 16.2. The van der Waals surface area contributed by atoms with Gasteiger partial charge in [0.1, 0.15) is 5.54 Å². The van der Waals surface area contributed by atoms with Crippen molar-refractivity contribution in [1.29, 1.82) is 0 Å². The van der Waals surface area contributed by atoms with E-state index in [1.54, 1.807) is 6.92 Å². The molecule has 1 heterocycles. The number of urea groups is 1. The first-order chi connectivity index (χ1) is 14.9. The Morgan fingerprint density at radius 2 is 1.87 bits per heavy atom. The summed E-state index contributed by atoms with van der Waals surface area (Å²) in [6, 6.07) is 17.6. The van der Waals surface area contributed by atoms with Gasteiger partial charge >= 0.3 is 6.03 Å². The Labute approximate surface area is 182 Å². The minimum Gasteiger partial charge on any atom is -0.322 e. The fourth-order valence-electron chi connectivity index (χ4n) is 4.48. The van der Waals surface area contributed by atoms with Gasteiger partial charge in [-0.05, 0) is 56.3 Å². The van der Waals surface area contributed by atoms with Crippen LogP contribution in [0.3, 0.4) is 0 Å². The smallest absolute Gasteiger partial charge is 0.322 e. The summed E-state index contributed by atoms with van der Waals surface area (Å²) >= 11 is 0. The summed E-state index contributed by atoms with van der Waals surface area (Å²) in [6.45, 7) is 1.79. The molecule has 162 valence electrons. The molecule has 0 saturated carbocycles. The normalized spacial score (nSPS) is 22.5. The van der Waals surface area contributed by atoms with Crippen LogP contribution in [-0.4, -0.2) is 46.9 Å². The fraction of sp³-hybridized carbons (Fsp3) is 0.375. The molecule has 0 bridgehead atoms. The molecule has 31 heavy (non-hydrogen) atoms. The maximum Gasteiger partial charge on any atom is 0.344 e. The third-order valence-corrected chi connectivity index (χ3v) is 6.28. The molecule has 4 amide bonds. The second-order valence-electron chi connectivity index (χ2n) is 8.59. The third-order valence-electron chi connectivity index (χ3n) is 6.28. The van der Waals surface area contributed by atoms with Gasteiger partial charge in [0, 0.05) is 6.04 Å². The second-order valence-corrected chi connectivity index (χ2v) is 8.59. The van der Waals surface area contributed by atoms with Crippen LogP contribution in [0.15, 0.2) is 54.6 Å². The van der Waals surface area contributed by atoms with Gasteiger partial charge in [-0.3, -0.25) is 19.9 Å². The molecule has 2 aromatic carbocycles. The third kappa shape index (κ3) is 4.32. The van der Waals surface area contributed by atoms with E-state index in [1.807, 2.05) is 54.4 Å². The number of carbonyl (C=O) groups is 3. The van der Waals surface area contributed by atoms with Gasteiger partial charge in [0.15, 0.2) is 0 Å². The molecular formula is C24H28N4O3. The van der Waals surface area contributed by atoms with Gasteiger partial charge in [0.25, 0.3) is 11.8 Å². The predicted octanol–water partition coefficient (Wildman–Crippen LogP) is 2.58. The van der Waals surface area contributed by atoms with E-state index in [0.29, 0.717) is 12.8 Å². The van der Waals surface area contributed by atoms with Gasteiger partial charge in [-0.25, -0.2) is 4.79 Å². The number of fused-ring (bicyclic) bond motifs is 1. The molecule has 2 aliphatic rings. The molecule has 7 nitrogen and oxygen atoms in total. The number of nitrogens with zero attached hydrogens (tertiary/aromatic N) is 2. The lowest BCUT2D eigenvalue weighted by Gasteiger charge is -2.26. The van der Waals surface area contributed by atoms with E-state index in [1.165, 1.54) is 11.1 Å². The molecule has 0 unspecified atom stereocenters. The van der Waals surface area contributed by atoms with E-state index in [9.17, 15) is 14.4 Å². The number of hydrogen-bond donors (Lipinski definition) is 2. The van der Waals surface area contributed by atoms with Crippen molar-refractivity contribution >= 4 is 17.8 Å². The number of likely N-dealkylation sites (N-methyl/N-ethyl adjacent to an activating group) is 1. The van der Waals surface area contributed by atoms with Crippen LogP contribution >= 0.6 is 0 Å². The SMILES string of the molecule is CN(CC(=O)NN1C(=O)N[C@](C)(CCc2ccccc2)C1=O)[C@H]1CCc2ccccc21. The number of rotatable bonds is 7. The van der Waals surface area contributed by atoms with Crippen LogP contribution in [0.4, 0.5) is 4.79 Å². The predicted molar refractivity (Wildman–Crippen MR) is 117 cm³/mol. The average molecular weight is 421 g/mol. The fourth-order valence-corrected chi connectivity index (χ4v) is 4.48. The molecule has 1 aliphatic carbocycles. The molecule has 4 rings (SSSR count). The summed E-state index contributed by atoms with van der Waals surface area (Å²) in [4.78, 5) is 39.9. The Balaban J connectivity index is 1.35. The molecule has 7 heteroatoms. The zero-order chi connectivity index (χ0) is 22.0. The lowest BCUT2D eigenvalue weighted by atomic mass is 9.93. The van der Waals surface area contributed by atoms with E-state index in [0.717, 1.165) is 23.4 Å². The Bertz CT molecular complexity index is 993. The van der Waals surface area contributed by atoms with Crippen LogP contribution in [0.2, 0.25) is 0 Å². The molecule has 2 atom stereocenters. The van der Waals surface area contributed by atoms with Crippen molar-refractivity contribution in [3.63, 3.8) is 0 Å². The average Bonchev–Trinajstić information content (AvgIpc) is 3.28. The van der Waals surface area contributed by atoms with Crippen molar-refractivity contribution < 1.29 is 14.4 Å². The van der Waals surface area contributed by atoms with Crippen molar-refractivity contribution in [3.05, 3.63) is 71.3 Å². The molecule has 0 spiro atoms. The number of imide groups is 1. The zero-order valence-electron chi connectivity index (χ0n) is 17.9. The minimum absolute atomic E-state index is 0.0940. The van der Waals surface area contributed by atoms with Crippen LogP contribution in [0.5, 0.6) is 0 Å². The molecular weight excluding hydrogens is 392 g/mol. The van der Waals surface area contributed by atoms with Gasteiger partial charge in [-0.15, -0.1) is 0 Å². The van der Waals surface area contributed by atoms with Crippen LogP contribution in [0, 0.1) is 0 Å². The number of aryl methyl sites for hydroxylation is 2. The molecule has 0 aromatic heterocycles. The van der Waals surface area contributed by atoms with Gasteiger partial charge in [0.05, 0.1) is 6.54 Å². The lowest BCUT2D eigenvalue weighted by Crippen LogP contribution is -2.51. The van der Waals surface area contributed by atoms with E-state index < -0.39 is 17.5 Å². The van der Waals surface area contributed by atoms with Crippen LogP contribution in [-0.2, 0) is 22.4 Å². The molecule has 1 saturated heterocycles. The van der Waals surface area contributed by atoms with Crippen molar-refractivity contribution in [3.8, 4) is 0 Å². The molecule has 1 fully saturated rings. The zero-order valence-corrected chi connectivity index (χ0v) is 17.9. The van der Waals surface area contributed by atoms with Crippen molar-refractivity contribution in [2.75, 3.05) is 13.6 Å². The monoisotopic (exact) mass is 420 g/mol. The standard InChI is InChI=1S/C24H28N4O3/c1-24(15-14-17-8-4-3-5-9-17)22(30)28(23(31)25-24)26-21(29)16-27(2)20-13-12-18-10-6-7-11-19(18)20/h3-11,20H,12-16H2,1-2H3,(H,25,31)(H,26,29)/t20-,24+/m0/s1. The summed E-state index contributed by atoms with van der Waals surface area (Å²) in [5.74, 6) is -0.821. The summed E-state index contributed by atoms with van der Waals surface area (Å²) < 4.78 is 0. The van der Waals surface area contributed by atoms with E-state index in [-0.39, 0.29) is 18.5 Å². The van der Waals surface area contributed by atoms with E-state index in [2.05, 4.69) is 22.9 Å². The lowest BCUT2D eigenvalue weighted by molar-refractivity contribution is -0.139. The summed E-state index contributed by atoms with van der Waals surface area (Å²) in [5.41, 5.74) is 5.09. The van der Waals surface area contributed by atoms with Gasteiger partial charge in [0.2, 0.25) is 0 Å². The topological polar surface area (TPSA) is 81.8 Å². The second kappa shape index (κ2) is 8.51. The van der Waals surface area contributed by atoms with Crippen LogP contribution in [0.25, 0.3) is 0 Å². The van der Waals surface area contributed by atoms with Crippen LogP contribution < -0.4 is 10.7 Å². The summed E-state index contributed by atoms with van der Waals surface area (Å²) in [7, 11) is 1.89. The molecule has 2 aromatic rings. The van der Waals surface area contributed by atoms with Crippen molar-refractivity contribution in [1.82, 2.24) is 20.7 Å². The number of carbonyl (C=O) groups excluding carboxylic acids is 3. The van der Waals surface area contributed by atoms with Crippen molar-refractivity contribution in [2.45, 2.75) is 44.2 Å². The van der Waals surface area contributed by atoms with E-state index in [4.69, 9.17) is 0 Å². The van der Waals surface area contributed by atoms with Crippen molar-refractivity contribution in [2.24, 2.45) is 0 Å². The Morgan fingerprint density at radius 1 is 1.16 bits per heavy atom. The van der Waals surface area contributed by atoms with Gasteiger partial charge < -0.3 is 5.32 Å². The minimum atomic E-state index is -1.05. The maximum absolute atomic E-state index is 12.9. The Kier molecular flexibility index (Phi) is 5.78. The Hall–Kier alpha value is -3.19. The number of amides is 4. The quantitative estimate of drug-likeness (QED) is 0.675. The number of nitrogens with one attached hydrogen (secondary N) is 2. The van der Waals surface area contributed by atoms with Gasteiger partial charge in [-0.1, -0.05) is 54.6 Å². The largest absolute Gasteiger partial charge is 0.344 e. The number of hydrogen-bond acceptors (Lipinski definition) is 4. The Morgan fingerprint density at radius 3 is 2.65 bits per heavy atom. The highest BCUT2D eigenvalue weighted by Gasteiger charge is 2.48. The molecule has 0 radical (unpaired) electrons. The number of hydrazine groups is 1. The highest BCUT2D eigenvalue weighted by molar-refractivity contribution is 6.07. The van der Waals surface area contributed by atoms with Gasteiger partial charge in [-0.2, -0.15) is 5.01 Å². The molecule has 1 aliphatic heterocycles. The summed E-state index contributed by atoms with van der Waals surface area (Å²) in [5, 5.41) is 3.56. The first-order valence-electron chi connectivity index (χ1n) is 10.7. The number of benzene rings is 2. The van der Waals surface area contributed by atoms with E-state index >= 15 is 0 Å².